The van der Waals surface area contributed by atoms with Gasteiger partial charge in [-0.25, -0.2) is 0 Å². The van der Waals surface area contributed by atoms with Crippen LogP contribution >= 0.6 is 0 Å². The SMILES string of the molecule is CCOc1ccccc1N=Cc1cc(-c2ccccc2)n(-c2ccc([N+](=O)[O-])cc2)c1-c1ccccc1. The van der Waals surface area contributed by atoms with Crippen molar-refractivity contribution < 1.29 is 9.66 Å². The van der Waals surface area contributed by atoms with E-state index >= 15 is 0 Å². The average Bonchev–Trinajstić information content (AvgIpc) is 3.33. The second-order valence-electron chi connectivity index (χ2n) is 8.33. The quantitative estimate of drug-likeness (QED) is 0.127. The molecule has 0 unspecified atom stereocenters. The highest BCUT2D eigenvalue weighted by Crippen LogP contribution is 2.36. The third-order valence-corrected chi connectivity index (χ3v) is 5.97. The van der Waals surface area contributed by atoms with E-state index in [4.69, 9.17) is 9.73 Å². The van der Waals surface area contributed by atoms with Crippen molar-refractivity contribution in [2.75, 3.05) is 6.61 Å². The molecule has 5 rings (SSSR count). The van der Waals surface area contributed by atoms with Gasteiger partial charge in [0, 0.05) is 29.6 Å². The third-order valence-electron chi connectivity index (χ3n) is 5.97. The Balaban J connectivity index is 1.75. The lowest BCUT2D eigenvalue weighted by Gasteiger charge is -2.15. The molecule has 0 bridgehead atoms. The lowest BCUT2D eigenvalue weighted by Crippen LogP contribution is -2.01. The largest absolute Gasteiger partial charge is 0.492 e. The van der Waals surface area contributed by atoms with E-state index in [0.717, 1.165) is 45.2 Å². The molecule has 6 nitrogen and oxygen atoms in total. The van der Waals surface area contributed by atoms with Crippen molar-refractivity contribution in [1.82, 2.24) is 4.57 Å². The highest BCUT2D eigenvalue weighted by Gasteiger charge is 2.19. The van der Waals surface area contributed by atoms with Crippen LogP contribution in [-0.2, 0) is 0 Å². The topological polar surface area (TPSA) is 69.7 Å². The highest BCUT2D eigenvalue weighted by atomic mass is 16.6. The van der Waals surface area contributed by atoms with Gasteiger partial charge in [0.25, 0.3) is 5.69 Å². The molecular weight excluding hydrogens is 462 g/mol. The Labute approximate surface area is 215 Å². The highest BCUT2D eigenvalue weighted by molar-refractivity contribution is 5.95. The predicted octanol–water partition coefficient (Wildman–Crippen LogP) is 7.87. The molecule has 182 valence electrons. The van der Waals surface area contributed by atoms with Crippen molar-refractivity contribution in [2.24, 2.45) is 4.99 Å². The van der Waals surface area contributed by atoms with Gasteiger partial charge in [-0.3, -0.25) is 15.1 Å². The minimum atomic E-state index is -0.385. The van der Waals surface area contributed by atoms with Gasteiger partial charge < -0.3 is 9.30 Å². The Morgan fingerprint density at radius 1 is 0.838 bits per heavy atom. The minimum Gasteiger partial charge on any atom is -0.492 e. The molecular formula is C31H25N3O3. The van der Waals surface area contributed by atoms with Gasteiger partial charge in [-0.1, -0.05) is 72.8 Å². The number of hydrogen-bond donors (Lipinski definition) is 0. The summed E-state index contributed by atoms with van der Waals surface area (Å²) in [4.78, 5) is 15.7. The Hall–Kier alpha value is -4.97. The molecule has 0 aliphatic carbocycles. The Morgan fingerprint density at radius 2 is 1.46 bits per heavy atom. The molecule has 0 saturated heterocycles. The standard InChI is InChI=1S/C31H25N3O3/c1-2-37-30-16-10-9-15-28(30)32-22-25-21-29(23-11-5-3-6-12-23)33(31(25)24-13-7-4-8-14-24)26-17-19-27(20-18-26)34(35)36/h3-22H,2H2,1H3. The molecule has 5 aromatic rings. The zero-order valence-electron chi connectivity index (χ0n) is 20.3. The summed E-state index contributed by atoms with van der Waals surface area (Å²) in [6.07, 6.45) is 1.86. The molecule has 0 amide bonds. The van der Waals surface area contributed by atoms with Crippen molar-refractivity contribution in [3.05, 3.63) is 131 Å². The Kier molecular flexibility index (Phi) is 6.90. The van der Waals surface area contributed by atoms with Crippen molar-refractivity contribution in [1.29, 1.82) is 0 Å². The van der Waals surface area contributed by atoms with Crippen LogP contribution in [0, 0.1) is 10.1 Å². The summed E-state index contributed by atoms with van der Waals surface area (Å²) in [5, 5.41) is 11.3. The summed E-state index contributed by atoms with van der Waals surface area (Å²) >= 11 is 0. The number of nitro groups is 1. The van der Waals surface area contributed by atoms with Gasteiger partial charge in [-0.2, -0.15) is 0 Å². The first-order valence-electron chi connectivity index (χ1n) is 12.0. The summed E-state index contributed by atoms with van der Waals surface area (Å²) in [5.74, 6) is 0.723. The maximum atomic E-state index is 11.3. The number of aliphatic imine (C=N–C) groups is 1. The first-order chi connectivity index (χ1) is 18.2. The van der Waals surface area contributed by atoms with E-state index in [1.165, 1.54) is 12.1 Å². The summed E-state index contributed by atoms with van der Waals surface area (Å²) in [6.45, 7) is 2.50. The maximum absolute atomic E-state index is 11.3. The van der Waals surface area contributed by atoms with Gasteiger partial charge in [-0.05, 0) is 48.4 Å². The number of rotatable bonds is 8. The second kappa shape index (κ2) is 10.7. The minimum absolute atomic E-state index is 0.0488. The van der Waals surface area contributed by atoms with Crippen molar-refractivity contribution in [3.63, 3.8) is 0 Å². The number of para-hydroxylation sites is 2. The molecule has 4 aromatic carbocycles. The molecule has 0 radical (unpaired) electrons. The molecule has 0 saturated carbocycles. The smallest absolute Gasteiger partial charge is 0.269 e. The number of nitrogens with zero attached hydrogens (tertiary/aromatic N) is 3. The zero-order chi connectivity index (χ0) is 25.6. The van der Waals surface area contributed by atoms with E-state index < -0.39 is 0 Å². The van der Waals surface area contributed by atoms with E-state index in [1.807, 2.05) is 73.8 Å². The molecule has 6 heteroatoms. The predicted molar refractivity (Wildman–Crippen MR) is 148 cm³/mol. The van der Waals surface area contributed by atoms with Crippen molar-refractivity contribution >= 4 is 17.6 Å². The number of aromatic nitrogens is 1. The summed E-state index contributed by atoms with van der Waals surface area (Å²) in [5.41, 5.74) is 6.43. The molecule has 1 heterocycles. The van der Waals surface area contributed by atoms with Crippen LogP contribution in [0.4, 0.5) is 11.4 Å². The van der Waals surface area contributed by atoms with Crippen LogP contribution in [0.15, 0.2) is 120 Å². The van der Waals surface area contributed by atoms with Crippen LogP contribution in [-0.4, -0.2) is 22.3 Å². The van der Waals surface area contributed by atoms with Gasteiger partial charge in [0.2, 0.25) is 0 Å². The van der Waals surface area contributed by atoms with Crippen LogP contribution in [0.1, 0.15) is 12.5 Å². The first-order valence-corrected chi connectivity index (χ1v) is 12.0. The summed E-state index contributed by atoms with van der Waals surface area (Å²) in [6, 6.07) is 36.6. The van der Waals surface area contributed by atoms with E-state index in [1.54, 1.807) is 12.1 Å². The number of benzene rings is 4. The molecule has 1 aromatic heterocycles. The van der Waals surface area contributed by atoms with Gasteiger partial charge in [0.1, 0.15) is 11.4 Å². The molecule has 0 aliphatic heterocycles. The van der Waals surface area contributed by atoms with Gasteiger partial charge in [0.15, 0.2) is 0 Å². The van der Waals surface area contributed by atoms with Crippen LogP contribution in [0.2, 0.25) is 0 Å². The molecule has 37 heavy (non-hydrogen) atoms. The van der Waals surface area contributed by atoms with Crippen LogP contribution < -0.4 is 4.74 Å². The monoisotopic (exact) mass is 487 g/mol. The fraction of sp³-hybridized carbons (Fsp3) is 0.0645. The molecule has 0 fully saturated rings. The number of ether oxygens (including phenoxy) is 1. The van der Waals surface area contributed by atoms with Crippen LogP contribution in [0.25, 0.3) is 28.2 Å². The lowest BCUT2D eigenvalue weighted by atomic mass is 10.1. The molecule has 0 spiro atoms. The molecule has 0 atom stereocenters. The zero-order valence-corrected chi connectivity index (χ0v) is 20.3. The van der Waals surface area contributed by atoms with Gasteiger partial charge in [0.05, 0.1) is 22.9 Å². The molecule has 0 N–H and O–H groups in total. The fourth-order valence-corrected chi connectivity index (χ4v) is 4.31. The Bertz CT molecular complexity index is 1540. The van der Waals surface area contributed by atoms with Crippen LogP contribution in [0.5, 0.6) is 5.75 Å². The average molecular weight is 488 g/mol. The Morgan fingerprint density at radius 3 is 2.11 bits per heavy atom. The van der Waals surface area contributed by atoms with E-state index in [9.17, 15) is 10.1 Å². The lowest BCUT2D eigenvalue weighted by molar-refractivity contribution is -0.384. The molecule has 0 aliphatic rings. The maximum Gasteiger partial charge on any atom is 0.269 e. The summed E-state index contributed by atoms with van der Waals surface area (Å²) < 4.78 is 7.89. The van der Waals surface area contributed by atoms with Gasteiger partial charge in [-0.15, -0.1) is 0 Å². The summed E-state index contributed by atoms with van der Waals surface area (Å²) in [7, 11) is 0. The third kappa shape index (κ3) is 5.04. The van der Waals surface area contributed by atoms with E-state index in [2.05, 4.69) is 34.9 Å². The first kappa shape index (κ1) is 23.8. The van der Waals surface area contributed by atoms with Crippen molar-refractivity contribution in [3.8, 4) is 34.0 Å². The number of non-ortho nitro benzene ring substituents is 1. The van der Waals surface area contributed by atoms with E-state index in [-0.39, 0.29) is 10.6 Å². The number of nitro benzene ring substituents is 1. The number of hydrogen-bond acceptors (Lipinski definition) is 4. The van der Waals surface area contributed by atoms with Crippen LogP contribution in [0.3, 0.4) is 0 Å². The second-order valence-corrected chi connectivity index (χ2v) is 8.33. The van der Waals surface area contributed by atoms with Gasteiger partial charge >= 0.3 is 0 Å². The fourth-order valence-electron chi connectivity index (χ4n) is 4.31. The van der Waals surface area contributed by atoms with E-state index in [0.29, 0.717) is 6.61 Å². The van der Waals surface area contributed by atoms with Crippen molar-refractivity contribution in [2.45, 2.75) is 6.92 Å². The normalized spacial score (nSPS) is 11.1.